The third kappa shape index (κ3) is 4.32. The molecule has 0 aliphatic heterocycles. The van der Waals surface area contributed by atoms with Crippen molar-refractivity contribution < 1.29 is 13.2 Å². The lowest BCUT2D eigenvalue weighted by Crippen LogP contribution is -2.12. The lowest BCUT2D eigenvalue weighted by Gasteiger charge is -2.19. The van der Waals surface area contributed by atoms with Crippen molar-refractivity contribution in [2.24, 2.45) is 11.8 Å². The number of alkyl halides is 3. The zero-order chi connectivity index (χ0) is 18.2. The van der Waals surface area contributed by atoms with Gasteiger partial charge in [0.1, 0.15) is 0 Å². The quantitative estimate of drug-likeness (QED) is 0.530. The first-order chi connectivity index (χ1) is 11.7. The van der Waals surface area contributed by atoms with Gasteiger partial charge in [-0.05, 0) is 78.5 Å². The predicted molar refractivity (Wildman–Crippen MR) is 96.3 cm³/mol. The molecule has 3 rings (SSSR count). The zero-order valence-electron chi connectivity index (χ0n) is 13.8. The molecule has 2 atom stereocenters. The van der Waals surface area contributed by atoms with Crippen LogP contribution in [0.2, 0.25) is 10.0 Å². The number of hydrogen-bond acceptors (Lipinski definition) is 0. The Labute approximate surface area is 156 Å². The zero-order valence-corrected chi connectivity index (χ0v) is 15.3. The average molecular weight is 387 g/mol. The second-order valence-corrected chi connectivity index (χ2v) is 7.73. The number of rotatable bonds is 4. The van der Waals surface area contributed by atoms with E-state index in [1.807, 2.05) is 12.1 Å². The molecule has 1 aliphatic carbocycles. The fourth-order valence-corrected chi connectivity index (χ4v) is 3.88. The Morgan fingerprint density at radius 2 is 1.72 bits per heavy atom. The normalized spacial score (nSPS) is 18.2. The van der Waals surface area contributed by atoms with E-state index in [9.17, 15) is 13.2 Å². The maximum Gasteiger partial charge on any atom is 0.416 e. The maximum atomic E-state index is 12.9. The minimum atomic E-state index is -4.27. The Hall–Kier alpha value is -1.19. The van der Waals surface area contributed by atoms with Gasteiger partial charge in [0.2, 0.25) is 0 Å². The number of hydrogen-bond donors (Lipinski definition) is 0. The topological polar surface area (TPSA) is 0 Å². The van der Waals surface area contributed by atoms with Gasteiger partial charge in [0.05, 0.1) is 15.6 Å². The van der Waals surface area contributed by atoms with Gasteiger partial charge >= 0.3 is 6.18 Å². The van der Waals surface area contributed by atoms with Crippen LogP contribution in [0.4, 0.5) is 13.2 Å². The Balaban J connectivity index is 1.62. The molecule has 0 spiro atoms. The van der Waals surface area contributed by atoms with Crippen molar-refractivity contribution in [2.75, 3.05) is 0 Å². The van der Waals surface area contributed by atoms with Crippen LogP contribution >= 0.6 is 23.2 Å². The molecule has 0 fully saturated rings. The van der Waals surface area contributed by atoms with Gasteiger partial charge in [-0.2, -0.15) is 13.2 Å². The first kappa shape index (κ1) is 18.6. The molecule has 0 heterocycles. The summed E-state index contributed by atoms with van der Waals surface area (Å²) in [5.41, 5.74) is 2.49. The first-order valence-electron chi connectivity index (χ1n) is 8.37. The monoisotopic (exact) mass is 386 g/mol. The summed E-state index contributed by atoms with van der Waals surface area (Å²) in [5, 5.41) is 1.10. The fourth-order valence-electron chi connectivity index (χ4n) is 3.56. The minimum absolute atomic E-state index is 0.390. The molecule has 0 aromatic heterocycles. The van der Waals surface area contributed by atoms with E-state index in [1.165, 1.54) is 12.1 Å². The van der Waals surface area contributed by atoms with Crippen LogP contribution in [0.25, 0.3) is 0 Å². The standard InChI is InChI=1S/C20H19Cl2F3/c1-12(2-3-13-4-7-18(21)19(22)8-13)15-9-14-5-6-17(20(23,24)25)11-16(14)10-15/h4-8,11-12,15H,2-3,9-10H2,1H3/t12-,15?/m1/s1. The molecule has 0 bridgehead atoms. The highest BCUT2D eigenvalue weighted by atomic mass is 35.5. The van der Waals surface area contributed by atoms with Crippen LogP contribution in [-0.4, -0.2) is 0 Å². The van der Waals surface area contributed by atoms with Crippen LogP contribution in [0.3, 0.4) is 0 Å². The van der Waals surface area contributed by atoms with Gasteiger partial charge in [0.25, 0.3) is 0 Å². The van der Waals surface area contributed by atoms with Gasteiger partial charge in [-0.15, -0.1) is 0 Å². The van der Waals surface area contributed by atoms with E-state index in [0.717, 1.165) is 42.4 Å². The third-order valence-corrected chi connectivity index (χ3v) is 5.91. The van der Waals surface area contributed by atoms with E-state index in [1.54, 1.807) is 12.1 Å². The molecule has 0 nitrogen and oxygen atoms in total. The van der Waals surface area contributed by atoms with E-state index >= 15 is 0 Å². The van der Waals surface area contributed by atoms with Crippen molar-refractivity contribution in [1.82, 2.24) is 0 Å². The van der Waals surface area contributed by atoms with Crippen molar-refractivity contribution >= 4 is 23.2 Å². The lowest BCUT2D eigenvalue weighted by atomic mass is 9.87. The third-order valence-electron chi connectivity index (χ3n) is 5.17. The smallest absolute Gasteiger partial charge is 0.166 e. The largest absolute Gasteiger partial charge is 0.416 e. The van der Waals surface area contributed by atoms with E-state index in [4.69, 9.17) is 23.2 Å². The van der Waals surface area contributed by atoms with Crippen LogP contribution in [0, 0.1) is 11.8 Å². The van der Waals surface area contributed by atoms with Crippen molar-refractivity contribution in [3.63, 3.8) is 0 Å². The molecule has 0 N–H and O–H groups in total. The molecule has 0 radical (unpaired) electrons. The first-order valence-corrected chi connectivity index (χ1v) is 9.12. The molecular weight excluding hydrogens is 368 g/mol. The SMILES string of the molecule is C[C@H](CCc1ccc(Cl)c(Cl)c1)C1Cc2ccc(C(F)(F)F)cc2C1. The van der Waals surface area contributed by atoms with Crippen LogP contribution < -0.4 is 0 Å². The highest BCUT2D eigenvalue weighted by Gasteiger charge is 2.33. The van der Waals surface area contributed by atoms with Crippen molar-refractivity contribution in [3.8, 4) is 0 Å². The molecule has 2 aromatic carbocycles. The molecule has 0 saturated heterocycles. The summed E-state index contributed by atoms with van der Waals surface area (Å²) < 4.78 is 38.6. The molecule has 0 saturated carbocycles. The summed E-state index contributed by atoms with van der Waals surface area (Å²) in [6.07, 6.45) is -0.828. The molecule has 134 valence electrons. The Morgan fingerprint density at radius 3 is 2.40 bits per heavy atom. The van der Waals surface area contributed by atoms with Gasteiger partial charge in [0, 0.05) is 0 Å². The van der Waals surface area contributed by atoms with Crippen LogP contribution in [0.5, 0.6) is 0 Å². The van der Waals surface area contributed by atoms with Gasteiger partial charge in [-0.1, -0.05) is 42.3 Å². The average Bonchev–Trinajstić information content (AvgIpc) is 2.98. The molecule has 2 aromatic rings. The fraction of sp³-hybridized carbons (Fsp3) is 0.400. The highest BCUT2D eigenvalue weighted by molar-refractivity contribution is 6.42. The Morgan fingerprint density at radius 1 is 1.00 bits per heavy atom. The van der Waals surface area contributed by atoms with Gasteiger partial charge in [-0.3, -0.25) is 0 Å². The van der Waals surface area contributed by atoms with Gasteiger partial charge in [-0.25, -0.2) is 0 Å². The highest BCUT2D eigenvalue weighted by Crippen LogP contribution is 2.37. The van der Waals surface area contributed by atoms with Gasteiger partial charge < -0.3 is 0 Å². The molecule has 0 amide bonds. The molecule has 1 unspecified atom stereocenters. The Bertz CT molecular complexity index is 768. The predicted octanol–water partition coefficient (Wildman–Crippen LogP) is 7.00. The van der Waals surface area contributed by atoms with Gasteiger partial charge in [0.15, 0.2) is 0 Å². The summed E-state index contributed by atoms with van der Waals surface area (Å²) in [6.45, 7) is 2.18. The van der Waals surface area contributed by atoms with Crippen LogP contribution in [0.1, 0.15) is 35.6 Å². The molecular formula is C20H19Cl2F3. The maximum absolute atomic E-state index is 12.9. The van der Waals surface area contributed by atoms with E-state index in [2.05, 4.69) is 6.92 Å². The number of benzene rings is 2. The molecule has 25 heavy (non-hydrogen) atoms. The van der Waals surface area contributed by atoms with E-state index < -0.39 is 11.7 Å². The lowest BCUT2D eigenvalue weighted by molar-refractivity contribution is -0.137. The minimum Gasteiger partial charge on any atom is -0.166 e. The van der Waals surface area contributed by atoms with Crippen molar-refractivity contribution in [2.45, 2.75) is 38.8 Å². The van der Waals surface area contributed by atoms with E-state index in [0.29, 0.717) is 21.9 Å². The molecule has 5 heteroatoms. The van der Waals surface area contributed by atoms with Crippen LogP contribution in [0.15, 0.2) is 36.4 Å². The van der Waals surface area contributed by atoms with Crippen LogP contribution in [-0.2, 0) is 25.4 Å². The summed E-state index contributed by atoms with van der Waals surface area (Å²) in [7, 11) is 0. The summed E-state index contributed by atoms with van der Waals surface area (Å²) >= 11 is 12.0. The van der Waals surface area contributed by atoms with Crippen molar-refractivity contribution in [3.05, 3.63) is 68.7 Å². The summed E-state index contributed by atoms with van der Waals surface area (Å²) in [5.74, 6) is 0.817. The second kappa shape index (κ2) is 7.20. The summed E-state index contributed by atoms with van der Waals surface area (Å²) in [4.78, 5) is 0. The Kier molecular flexibility index (Phi) is 5.36. The molecule has 1 aliphatic rings. The number of fused-ring (bicyclic) bond motifs is 1. The second-order valence-electron chi connectivity index (χ2n) is 6.91. The van der Waals surface area contributed by atoms with E-state index in [-0.39, 0.29) is 0 Å². The van der Waals surface area contributed by atoms with Crippen molar-refractivity contribution in [1.29, 1.82) is 0 Å². The summed E-state index contributed by atoms with van der Waals surface area (Å²) in [6, 6.07) is 9.82. The number of halogens is 5. The number of aryl methyl sites for hydroxylation is 1.